The molecule has 23 heavy (non-hydrogen) atoms. The van der Waals surface area contributed by atoms with Gasteiger partial charge in [-0.25, -0.2) is 4.79 Å². The lowest BCUT2D eigenvalue weighted by Crippen LogP contribution is -2.44. The number of halogens is 2. The van der Waals surface area contributed by atoms with Gasteiger partial charge in [0.2, 0.25) is 0 Å². The molecule has 0 aromatic heterocycles. The molecule has 0 bridgehead atoms. The topological polar surface area (TPSA) is 41.6 Å². The van der Waals surface area contributed by atoms with E-state index >= 15 is 0 Å². The molecule has 1 aromatic carbocycles. The zero-order valence-electron chi connectivity index (χ0n) is 13.9. The van der Waals surface area contributed by atoms with Crippen molar-refractivity contribution in [3.63, 3.8) is 0 Å². The largest absolute Gasteiger partial charge is 0.444 e. The summed E-state index contributed by atoms with van der Waals surface area (Å²) < 4.78 is 6.49. The van der Waals surface area contributed by atoms with Crippen molar-refractivity contribution < 1.29 is 9.53 Å². The molecule has 0 aliphatic carbocycles. The molecule has 1 saturated heterocycles. The van der Waals surface area contributed by atoms with Crippen molar-refractivity contribution in [3.8, 4) is 0 Å². The Hall–Kier alpha value is -0.780. The van der Waals surface area contributed by atoms with Gasteiger partial charge in [0.1, 0.15) is 5.60 Å². The lowest BCUT2D eigenvalue weighted by molar-refractivity contribution is 0.0226. The second kappa shape index (κ2) is 7.86. The van der Waals surface area contributed by atoms with Crippen LogP contribution < -0.4 is 5.32 Å². The van der Waals surface area contributed by atoms with E-state index in [9.17, 15) is 4.79 Å². The van der Waals surface area contributed by atoms with Crippen LogP contribution in [-0.2, 0) is 11.3 Å². The lowest BCUT2D eigenvalue weighted by atomic mass is 10.2. The van der Waals surface area contributed by atoms with E-state index in [0.29, 0.717) is 6.54 Å². The molecule has 2 rings (SSSR count). The monoisotopic (exact) mass is 402 g/mol. The summed E-state index contributed by atoms with van der Waals surface area (Å²) in [7, 11) is 0. The van der Waals surface area contributed by atoms with Gasteiger partial charge in [0.25, 0.3) is 0 Å². The number of amides is 1. The van der Waals surface area contributed by atoms with Crippen LogP contribution in [0.15, 0.2) is 22.7 Å². The predicted molar refractivity (Wildman–Crippen MR) is 96.8 cm³/mol. The third-order valence-electron chi connectivity index (χ3n) is 3.71. The molecule has 1 aromatic rings. The fraction of sp³-hybridized carbons (Fsp3) is 0.588. The Balaban J connectivity index is 1.87. The number of benzene rings is 1. The maximum Gasteiger partial charge on any atom is 0.410 e. The first-order chi connectivity index (χ1) is 10.8. The minimum atomic E-state index is -0.457. The second-order valence-corrected chi connectivity index (χ2v) is 8.16. The highest BCUT2D eigenvalue weighted by Gasteiger charge is 2.31. The second-order valence-electron chi connectivity index (χ2n) is 6.84. The fourth-order valence-corrected chi connectivity index (χ4v) is 3.25. The van der Waals surface area contributed by atoms with Gasteiger partial charge in [0, 0.05) is 35.2 Å². The molecule has 1 heterocycles. The summed E-state index contributed by atoms with van der Waals surface area (Å²) in [5.41, 5.74) is 0.587. The molecule has 1 fully saturated rings. The Morgan fingerprint density at radius 1 is 1.48 bits per heavy atom. The zero-order chi connectivity index (χ0) is 17.0. The number of carbonyl (C=O) groups is 1. The Kier molecular flexibility index (Phi) is 6.34. The van der Waals surface area contributed by atoms with Gasteiger partial charge in [0.05, 0.1) is 0 Å². The minimum Gasteiger partial charge on any atom is -0.444 e. The number of likely N-dealkylation sites (tertiary alicyclic amines) is 1. The molecule has 1 amide bonds. The van der Waals surface area contributed by atoms with Crippen LogP contribution in [0.5, 0.6) is 0 Å². The SMILES string of the molecule is CC(C)(C)OC(=O)N1CCCC1CNCc1cc(Br)ccc1Cl. The van der Waals surface area contributed by atoms with Gasteiger partial charge in [0.15, 0.2) is 0 Å². The van der Waals surface area contributed by atoms with Crippen molar-refractivity contribution in [2.75, 3.05) is 13.1 Å². The van der Waals surface area contributed by atoms with Crippen molar-refractivity contribution in [2.24, 2.45) is 0 Å². The first-order valence-electron chi connectivity index (χ1n) is 7.90. The van der Waals surface area contributed by atoms with Crippen LogP contribution in [0.25, 0.3) is 0 Å². The van der Waals surface area contributed by atoms with E-state index in [2.05, 4.69) is 21.2 Å². The smallest absolute Gasteiger partial charge is 0.410 e. The first kappa shape index (κ1) is 18.6. The first-order valence-corrected chi connectivity index (χ1v) is 9.07. The molecular formula is C17H24BrClN2O2. The molecule has 1 aliphatic rings. The van der Waals surface area contributed by atoms with Crippen molar-refractivity contribution in [2.45, 2.75) is 51.8 Å². The number of nitrogens with one attached hydrogen (secondary N) is 1. The normalized spacial score (nSPS) is 18.3. The molecule has 128 valence electrons. The fourth-order valence-electron chi connectivity index (χ4n) is 2.66. The van der Waals surface area contributed by atoms with E-state index in [0.717, 1.165) is 41.0 Å². The van der Waals surface area contributed by atoms with E-state index in [1.807, 2.05) is 43.9 Å². The van der Waals surface area contributed by atoms with Gasteiger partial charge >= 0.3 is 6.09 Å². The molecule has 0 saturated carbocycles. The average molecular weight is 404 g/mol. The summed E-state index contributed by atoms with van der Waals surface area (Å²) in [6.07, 6.45) is 1.80. The number of carbonyl (C=O) groups excluding carboxylic acids is 1. The third-order valence-corrected chi connectivity index (χ3v) is 4.57. The van der Waals surface area contributed by atoms with E-state index < -0.39 is 5.60 Å². The van der Waals surface area contributed by atoms with Crippen LogP contribution in [0, 0.1) is 0 Å². The predicted octanol–water partition coefficient (Wildman–Crippen LogP) is 4.59. The third kappa shape index (κ3) is 5.66. The Morgan fingerprint density at radius 3 is 2.91 bits per heavy atom. The van der Waals surface area contributed by atoms with Crippen LogP contribution >= 0.6 is 27.5 Å². The molecule has 6 heteroatoms. The van der Waals surface area contributed by atoms with Gasteiger partial charge in [-0.05, 0) is 57.4 Å². The lowest BCUT2D eigenvalue weighted by Gasteiger charge is -2.28. The van der Waals surface area contributed by atoms with Crippen LogP contribution in [0.4, 0.5) is 4.79 Å². The summed E-state index contributed by atoms with van der Waals surface area (Å²) in [4.78, 5) is 14.1. The van der Waals surface area contributed by atoms with E-state index in [1.54, 1.807) is 0 Å². The Labute approximate surface area is 151 Å². The van der Waals surface area contributed by atoms with Crippen molar-refractivity contribution in [1.29, 1.82) is 0 Å². The number of rotatable bonds is 4. The van der Waals surface area contributed by atoms with Crippen LogP contribution in [0.3, 0.4) is 0 Å². The molecule has 0 radical (unpaired) electrons. The maximum atomic E-state index is 12.3. The summed E-state index contributed by atoms with van der Waals surface area (Å²) in [6.45, 7) is 7.86. The number of hydrogen-bond acceptors (Lipinski definition) is 3. The van der Waals surface area contributed by atoms with Gasteiger partial charge in [-0.15, -0.1) is 0 Å². The average Bonchev–Trinajstić information content (AvgIpc) is 2.89. The van der Waals surface area contributed by atoms with Crippen LogP contribution in [0.1, 0.15) is 39.2 Å². The Bertz CT molecular complexity index is 560. The highest BCUT2D eigenvalue weighted by Crippen LogP contribution is 2.22. The highest BCUT2D eigenvalue weighted by molar-refractivity contribution is 9.10. The molecular weight excluding hydrogens is 380 g/mol. The summed E-state index contributed by atoms with van der Waals surface area (Å²) >= 11 is 9.65. The summed E-state index contributed by atoms with van der Waals surface area (Å²) in [5, 5.41) is 4.15. The number of nitrogens with zero attached hydrogens (tertiary/aromatic N) is 1. The van der Waals surface area contributed by atoms with Crippen LogP contribution in [-0.4, -0.2) is 35.7 Å². The van der Waals surface area contributed by atoms with Crippen molar-refractivity contribution in [3.05, 3.63) is 33.3 Å². The standard InChI is InChI=1S/C17H24BrClN2O2/c1-17(2,3)23-16(22)21-8-4-5-14(21)11-20-10-12-9-13(18)6-7-15(12)19/h6-7,9,14,20H,4-5,8,10-11H2,1-3H3. The maximum absolute atomic E-state index is 12.3. The quantitative estimate of drug-likeness (QED) is 0.799. The van der Waals surface area contributed by atoms with Gasteiger partial charge in [-0.2, -0.15) is 0 Å². The van der Waals surface area contributed by atoms with E-state index in [-0.39, 0.29) is 12.1 Å². The highest BCUT2D eigenvalue weighted by atomic mass is 79.9. The molecule has 1 unspecified atom stereocenters. The number of ether oxygens (including phenoxy) is 1. The molecule has 1 N–H and O–H groups in total. The van der Waals surface area contributed by atoms with Gasteiger partial charge in [-0.3, -0.25) is 0 Å². The molecule has 4 nitrogen and oxygen atoms in total. The van der Waals surface area contributed by atoms with Crippen molar-refractivity contribution in [1.82, 2.24) is 10.2 Å². The van der Waals surface area contributed by atoms with Gasteiger partial charge in [-0.1, -0.05) is 27.5 Å². The van der Waals surface area contributed by atoms with E-state index in [1.165, 1.54) is 0 Å². The van der Waals surface area contributed by atoms with E-state index in [4.69, 9.17) is 16.3 Å². The summed E-state index contributed by atoms with van der Waals surface area (Å²) in [6, 6.07) is 5.99. The number of hydrogen-bond donors (Lipinski definition) is 1. The minimum absolute atomic E-state index is 0.177. The molecule has 1 atom stereocenters. The van der Waals surface area contributed by atoms with Crippen LogP contribution in [0.2, 0.25) is 5.02 Å². The Morgan fingerprint density at radius 2 is 2.22 bits per heavy atom. The molecule has 0 spiro atoms. The van der Waals surface area contributed by atoms with Crippen molar-refractivity contribution >= 4 is 33.6 Å². The molecule has 1 aliphatic heterocycles. The summed E-state index contributed by atoms with van der Waals surface area (Å²) in [5.74, 6) is 0. The zero-order valence-corrected chi connectivity index (χ0v) is 16.2. The van der Waals surface area contributed by atoms with Gasteiger partial charge < -0.3 is 15.0 Å².